The quantitative estimate of drug-likeness (QED) is 0.592. The second-order valence-electron chi connectivity index (χ2n) is 3.26. The highest BCUT2D eigenvalue weighted by atomic mass is 19.4. The maximum Gasteiger partial charge on any atom is 0.433 e. The summed E-state index contributed by atoms with van der Waals surface area (Å²) in [5.41, 5.74) is -1.10. The van der Waals surface area contributed by atoms with Crippen molar-refractivity contribution in [2.75, 3.05) is 36.9 Å². The van der Waals surface area contributed by atoms with Crippen LogP contribution in [0.3, 0.4) is 0 Å². The monoisotopic (exact) mass is 266 g/mol. The molecule has 0 aliphatic heterocycles. The first-order valence-electron chi connectivity index (χ1n) is 5.13. The van der Waals surface area contributed by atoms with Crippen LogP contribution in [0.1, 0.15) is 5.69 Å². The molecule has 1 rings (SSSR count). The topological polar surface area (TPSA) is 90.3 Å². The van der Waals surface area contributed by atoms with Gasteiger partial charge in [0.1, 0.15) is 5.82 Å². The normalized spacial score (nSPS) is 11.4. The summed E-state index contributed by atoms with van der Waals surface area (Å²) in [7, 11) is 0. The van der Waals surface area contributed by atoms with Gasteiger partial charge in [-0.3, -0.25) is 0 Å². The van der Waals surface area contributed by atoms with E-state index in [1.165, 1.54) is 0 Å². The molecule has 0 fully saturated rings. The molecule has 0 atom stereocenters. The molecule has 18 heavy (non-hydrogen) atoms. The van der Waals surface area contributed by atoms with Gasteiger partial charge in [0.25, 0.3) is 0 Å². The van der Waals surface area contributed by atoms with E-state index in [1.54, 1.807) is 0 Å². The number of aliphatic hydroxyl groups is 2. The van der Waals surface area contributed by atoms with Gasteiger partial charge < -0.3 is 20.8 Å². The second-order valence-corrected chi connectivity index (χ2v) is 3.26. The number of anilines is 2. The number of halogens is 3. The van der Waals surface area contributed by atoms with Crippen molar-refractivity contribution in [3.8, 4) is 0 Å². The molecule has 0 spiro atoms. The van der Waals surface area contributed by atoms with Gasteiger partial charge in [0.15, 0.2) is 5.69 Å². The molecule has 0 saturated carbocycles. The number of hydrogen-bond donors (Lipinski definition) is 4. The molecule has 0 aliphatic rings. The summed E-state index contributed by atoms with van der Waals surface area (Å²) in [4.78, 5) is 7.06. The molecular weight excluding hydrogens is 253 g/mol. The predicted molar refractivity (Wildman–Crippen MR) is 58.2 cm³/mol. The van der Waals surface area contributed by atoms with Gasteiger partial charge in [-0.05, 0) is 0 Å². The van der Waals surface area contributed by atoms with Crippen LogP contribution in [0.25, 0.3) is 0 Å². The van der Waals surface area contributed by atoms with Crippen molar-refractivity contribution in [2.24, 2.45) is 0 Å². The lowest BCUT2D eigenvalue weighted by molar-refractivity contribution is -0.141. The van der Waals surface area contributed by atoms with E-state index in [-0.39, 0.29) is 38.1 Å². The van der Waals surface area contributed by atoms with Crippen LogP contribution in [-0.2, 0) is 6.18 Å². The van der Waals surface area contributed by atoms with Crippen LogP contribution in [0.4, 0.5) is 24.9 Å². The van der Waals surface area contributed by atoms with Gasteiger partial charge in [0.2, 0.25) is 5.95 Å². The van der Waals surface area contributed by atoms with E-state index in [1.807, 2.05) is 0 Å². The Balaban J connectivity index is 2.96. The van der Waals surface area contributed by atoms with E-state index in [0.717, 1.165) is 6.07 Å². The summed E-state index contributed by atoms with van der Waals surface area (Å²) in [5.74, 6) is -0.286. The summed E-state index contributed by atoms with van der Waals surface area (Å²) < 4.78 is 37.6. The van der Waals surface area contributed by atoms with Crippen LogP contribution < -0.4 is 10.6 Å². The summed E-state index contributed by atoms with van der Waals surface area (Å²) in [5, 5.41) is 22.1. The molecule has 0 saturated heterocycles. The van der Waals surface area contributed by atoms with Crippen LogP contribution in [0.5, 0.6) is 0 Å². The molecule has 1 heterocycles. The molecule has 1 aromatic rings. The van der Waals surface area contributed by atoms with E-state index in [0.29, 0.717) is 0 Å². The highest BCUT2D eigenvalue weighted by Gasteiger charge is 2.33. The third kappa shape index (κ3) is 4.34. The number of aromatic nitrogens is 2. The third-order valence-electron chi connectivity index (χ3n) is 1.83. The number of rotatable bonds is 6. The fourth-order valence-corrected chi connectivity index (χ4v) is 1.11. The molecule has 0 unspecified atom stereocenters. The van der Waals surface area contributed by atoms with Gasteiger partial charge in [0, 0.05) is 19.2 Å². The molecule has 9 heteroatoms. The van der Waals surface area contributed by atoms with Crippen LogP contribution in [-0.4, -0.2) is 46.5 Å². The highest BCUT2D eigenvalue weighted by molar-refractivity contribution is 5.43. The molecule has 1 aromatic heterocycles. The van der Waals surface area contributed by atoms with Gasteiger partial charge in [-0.2, -0.15) is 18.2 Å². The minimum atomic E-state index is -4.59. The first-order chi connectivity index (χ1) is 8.47. The average Bonchev–Trinajstić information content (AvgIpc) is 2.32. The van der Waals surface area contributed by atoms with Crippen LogP contribution in [0.15, 0.2) is 6.07 Å². The zero-order chi connectivity index (χ0) is 13.6. The van der Waals surface area contributed by atoms with Crippen LogP contribution >= 0.6 is 0 Å². The average molecular weight is 266 g/mol. The predicted octanol–water partition coefficient (Wildman–Crippen LogP) is 0.304. The molecule has 0 amide bonds. The van der Waals surface area contributed by atoms with Gasteiger partial charge in [-0.15, -0.1) is 0 Å². The molecule has 6 nitrogen and oxygen atoms in total. The lowest BCUT2D eigenvalue weighted by Gasteiger charge is -2.11. The first-order valence-corrected chi connectivity index (χ1v) is 5.13. The SMILES string of the molecule is OCCNc1cc(C(F)(F)F)nc(NCCO)n1. The number of alkyl halides is 3. The van der Waals surface area contributed by atoms with Crippen molar-refractivity contribution in [2.45, 2.75) is 6.18 Å². The van der Waals surface area contributed by atoms with Gasteiger partial charge >= 0.3 is 6.18 Å². The Hall–Kier alpha value is -1.61. The summed E-state index contributed by atoms with van der Waals surface area (Å²) in [6.07, 6.45) is -4.59. The Bertz CT molecular complexity index is 360. The fourth-order valence-electron chi connectivity index (χ4n) is 1.11. The second kappa shape index (κ2) is 6.36. The van der Waals surface area contributed by atoms with E-state index >= 15 is 0 Å². The Morgan fingerprint density at radius 2 is 1.67 bits per heavy atom. The maximum absolute atomic E-state index is 12.5. The molecule has 102 valence electrons. The Morgan fingerprint density at radius 3 is 2.22 bits per heavy atom. The number of nitrogens with one attached hydrogen (secondary N) is 2. The van der Waals surface area contributed by atoms with Gasteiger partial charge in [0.05, 0.1) is 13.2 Å². The smallest absolute Gasteiger partial charge is 0.395 e. The zero-order valence-electron chi connectivity index (χ0n) is 9.33. The van der Waals surface area contributed by atoms with E-state index in [2.05, 4.69) is 20.6 Å². The van der Waals surface area contributed by atoms with Gasteiger partial charge in [-0.25, -0.2) is 4.98 Å². The molecule has 0 bridgehead atoms. The van der Waals surface area contributed by atoms with Crippen molar-refractivity contribution in [3.63, 3.8) is 0 Å². The van der Waals surface area contributed by atoms with Crippen LogP contribution in [0.2, 0.25) is 0 Å². The summed E-state index contributed by atoms with van der Waals surface area (Å²) in [6, 6.07) is 0.750. The van der Waals surface area contributed by atoms with Crippen molar-refractivity contribution >= 4 is 11.8 Å². The number of nitrogens with zero attached hydrogens (tertiary/aromatic N) is 2. The van der Waals surface area contributed by atoms with Crippen LogP contribution in [0, 0.1) is 0 Å². The lowest BCUT2D eigenvalue weighted by atomic mass is 10.3. The van der Waals surface area contributed by atoms with E-state index in [4.69, 9.17) is 10.2 Å². The Labute approximate surface area is 101 Å². The third-order valence-corrected chi connectivity index (χ3v) is 1.83. The summed E-state index contributed by atoms with van der Waals surface area (Å²) >= 11 is 0. The molecule has 0 aromatic carbocycles. The van der Waals surface area contributed by atoms with E-state index in [9.17, 15) is 13.2 Å². The maximum atomic E-state index is 12.5. The van der Waals surface area contributed by atoms with Crippen molar-refractivity contribution < 1.29 is 23.4 Å². The minimum absolute atomic E-state index is 0.0424. The molecule has 0 radical (unpaired) electrons. The summed E-state index contributed by atoms with van der Waals surface area (Å²) in [6.45, 7) is -0.363. The molecular formula is C9H13F3N4O2. The van der Waals surface area contributed by atoms with Crippen molar-refractivity contribution in [1.82, 2.24) is 9.97 Å². The standard InChI is InChI=1S/C9H13F3N4O2/c10-9(11,12)6-5-7(13-1-3-17)16-8(15-6)14-2-4-18/h5,17-18H,1-4H2,(H2,13,14,15,16). The first kappa shape index (κ1) is 14.5. The fraction of sp³-hybridized carbons (Fsp3) is 0.556. The van der Waals surface area contributed by atoms with Crippen molar-refractivity contribution in [1.29, 1.82) is 0 Å². The Kier molecular flexibility index (Phi) is 5.10. The zero-order valence-corrected chi connectivity index (χ0v) is 9.33. The molecule has 0 aliphatic carbocycles. The minimum Gasteiger partial charge on any atom is -0.395 e. The Morgan fingerprint density at radius 1 is 1.06 bits per heavy atom. The molecule has 4 N–H and O–H groups in total. The van der Waals surface area contributed by atoms with Crippen molar-refractivity contribution in [3.05, 3.63) is 11.8 Å². The number of hydrogen-bond acceptors (Lipinski definition) is 6. The largest absolute Gasteiger partial charge is 0.433 e. The lowest BCUT2D eigenvalue weighted by Crippen LogP contribution is -2.16. The van der Waals surface area contributed by atoms with Gasteiger partial charge in [-0.1, -0.05) is 0 Å². The number of aliphatic hydroxyl groups excluding tert-OH is 2. The highest BCUT2D eigenvalue weighted by Crippen LogP contribution is 2.29. The van der Waals surface area contributed by atoms with E-state index < -0.39 is 11.9 Å².